The molecule has 0 aliphatic rings. The number of hydrogen-bond acceptors (Lipinski definition) is 4. The fraction of sp³-hybridized carbons (Fsp3) is 0.312. The number of nitrogens with zero attached hydrogens (tertiary/aromatic N) is 2. The summed E-state index contributed by atoms with van der Waals surface area (Å²) < 4.78 is 5.15. The molecule has 0 aliphatic heterocycles. The third-order valence-electron chi connectivity index (χ3n) is 3.24. The first-order valence-corrected chi connectivity index (χ1v) is 6.57. The van der Waals surface area contributed by atoms with E-state index in [9.17, 15) is 4.79 Å². The minimum absolute atomic E-state index is 0.468. The second kappa shape index (κ2) is 5.70. The molecule has 0 bridgehead atoms. The Kier molecular flexibility index (Phi) is 3.99. The van der Waals surface area contributed by atoms with Crippen LogP contribution in [0.1, 0.15) is 35.5 Å². The van der Waals surface area contributed by atoms with Crippen molar-refractivity contribution in [2.24, 2.45) is 0 Å². The molecular formula is C16H16N2O2. The standard InChI is InChI=1S/C16H16N2O2/c1-4-13-11(3)15(16(19)20-10(2)9-17)12-7-5-6-8-14(12)18-13/h5-8,10H,4H2,1-3H3/t10-/m0/s1. The molecule has 1 atom stereocenters. The second-order valence-electron chi connectivity index (χ2n) is 4.61. The molecule has 0 fully saturated rings. The summed E-state index contributed by atoms with van der Waals surface area (Å²) in [7, 11) is 0. The number of hydrogen-bond donors (Lipinski definition) is 0. The predicted octanol–water partition coefficient (Wildman–Crippen LogP) is 3.17. The maximum absolute atomic E-state index is 12.3. The van der Waals surface area contributed by atoms with Crippen LogP contribution in [0.3, 0.4) is 0 Å². The molecule has 4 nitrogen and oxygen atoms in total. The molecule has 0 aliphatic carbocycles. The van der Waals surface area contributed by atoms with Gasteiger partial charge in [0.1, 0.15) is 6.07 Å². The van der Waals surface area contributed by atoms with Gasteiger partial charge in [0, 0.05) is 11.1 Å². The number of aromatic nitrogens is 1. The van der Waals surface area contributed by atoms with Crippen LogP contribution in [0.25, 0.3) is 10.9 Å². The van der Waals surface area contributed by atoms with Gasteiger partial charge in [-0.2, -0.15) is 5.26 Å². The van der Waals surface area contributed by atoms with Gasteiger partial charge >= 0.3 is 5.97 Å². The number of fused-ring (bicyclic) bond motifs is 1. The lowest BCUT2D eigenvalue weighted by molar-refractivity contribution is 0.0437. The van der Waals surface area contributed by atoms with Gasteiger partial charge in [-0.1, -0.05) is 25.1 Å². The summed E-state index contributed by atoms with van der Waals surface area (Å²) in [6.07, 6.45) is -0.0241. The van der Waals surface area contributed by atoms with E-state index in [4.69, 9.17) is 10.00 Å². The maximum atomic E-state index is 12.3. The van der Waals surface area contributed by atoms with Crippen molar-refractivity contribution in [3.63, 3.8) is 0 Å². The van der Waals surface area contributed by atoms with E-state index < -0.39 is 12.1 Å². The van der Waals surface area contributed by atoms with Crippen molar-refractivity contribution in [3.05, 3.63) is 41.1 Å². The smallest absolute Gasteiger partial charge is 0.340 e. The average molecular weight is 268 g/mol. The number of nitriles is 1. The molecule has 0 radical (unpaired) electrons. The number of carbonyl (C=O) groups excluding carboxylic acids is 1. The third kappa shape index (κ3) is 2.48. The lowest BCUT2D eigenvalue weighted by Gasteiger charge is -2.13. The molecule has 20 heavy (non-hydrogen) atoms. The number of carbonyl (C=O) groups is 1. The number of para-hydroxylation sites is 1. The lowest BCUT2D eigenvalue weighted by Crippen LogP contribution is -2.16. The number of esters is 1. The Labute approximate surface area is 118 Å². The minimum atomic E-state index is -0.765. The molecule has 0 spiro atoms. The van der Waals surface area contributed by atoms with Gasteiger partial charge in [-0.05, 0) is 31.9 Å². The van der Waals surface area contributed by atoms with Crippen LogP contribution in [0.5, 0.6) is 0 Å². The Bertz CT molecular complexity index is 701. The first kappa shape index (κ1) is 14.0. The Hall–Kier alpha value is -2.41. The van der Waals surface area contributed by atoms with Gasteiger partial charge in [0.15, 0.2) is 6.10 Å². The van der Waals surface area contributed by atoms with E-state index in [1.807, 2.05) is 44.2 Å². The van der Waals surface area contributed by atoms with E-state index in [1.54, 1.807) is 6.92 Å². The van der Waals surface area contributed by atoms with Crippen LogP contribution >= 0.6 is 0 Å². The second-order valence-corrected chi connectivity index (χ2v) is 4.61. The number of pyridine rings is 1. The van der Waals surface area contributed by atoms with E-state index in [-0.39, 0.29) is 0 Å². The van der Waals surface area contributed by atoms with Crippen molar-refractivity contribution < 1.29 is 9.53 Å². The molecule has 1 heterocycles. The first-order valence-electron chi connectivity index (χ1n) is 6.57. The minimum Gasteiger partial charge on any atom is -0.444 e. The van der Waals surface area contributed by atoms with Gasteiger partial charge in [0.2, 0.25) is 0 Å². The van der Waals surface area contributed by atoms with Crippen LogP contribution in [0, 0.1) is 18.3 Å². The fourth-order valence-electron chi connectivity index (χ4n) is 2.21. The van der Waals surface area contributed by atoms with Crippen molar-refractivity contribution in [2.75, 3.05) is 0 Å². The fourth-order valence-corrected chi connectivity index (χ4v) is 2.21. The van der Waals surface area contributed by atoms with E-state index in [2.05, 4.69) is 4.98 Å². The number of aryl methyl sites for hydroxylation is 1. The average Bonchev–Trinajstić information content (AvgIpc) is 2.46. The molecule has 0 amide bonds. The maximum Gasteiger partial charge on any atom is 0.340 e. The molecule has 102 valence electrons. The Morgan fingerprint density at radius 2 is 2.15 bits per heavy atom. The highest BCUT2D eigenvalue weighted by molar-refractivity contribution is 6.05. The molecular weight excluding hydrogens is 252 g/mol. The third-order valence-corrected chi connectivity index (χ3v) is 3.24. The zero-order valence-electron chi connectivity index (χ0n) is 11.8. The zero-order chi connectivity index (χ0) is 14.7. The highest BCUT2D eigenvalue weighted by Crippen LogP contribution is 2.24. The van der Waals surface area contributed by atoms with Gasteiger partial charge in [-0.15, -0.1) is 0 Å². The van der Waals surface area contributed by atoms with Gasteiger partial charge in [0.05, 0.1) is 11.1 Å². The van der Waals surface area contributed by atoms with Gasteiger partial charge in [-0.25, -0.2) is 4.79 Å². The quantitative estimate of drug-likeness (QED) is 0.802. The normalized spacial score (nSPS) is 11.9. The summed E-state index contributed by atoms with van der Waals surface area (Å²) in [6.45, 7) is 5.42. The van der Waals surface area contributed by atoms with Gasteiger partial charge < -0.3 is 4.74 Å². The van der Waals surface area contributed by atoms with Gasteiger partial charge in [-0.3, -0.25) is 4.98 Å². The molecule has 2 aromatic rings. The predicted molar refractivity (Wildman–Crippen MR) is 76.3 cm³/mol. The Morgan fingerprint density at radius 3 is 2.80 bits per heavy atom. The molecule has 4 heteroatoms. The highest BCUT2D eigenvalue weighted by Gasteiger charge is 2.20. The summed E-state index contributed by atoms with van der Waals surface area (Å²) in [5, 5.41) is 9.54. The van der Waals surface area contributed by atoms with Crippen molar-refractivity contribution >= 4 is 16.9 Å². The molecule has 1 aromatic carbocycles. The van der Waals surface area contributed by atoms with E-state index in [1.165, 1.54) is 0 Å². The first-order chi connectivity index (χ1) is 9.58. The van der Waals surface area contributed by atoms with E-state index in [0.29, 0.717) is 5.56 Å². The number of rotatable bonds is 3. The number of ether oxygens (including phenoxy) is 1. The topological polar surface area (TPSA) is 63.0 Å². The Balaban J connectivity index is 2.64. The van der Waals surface area contributed by atoms with Crippen LogP contribution < -0.4 is 0 Å². The molecule has 0 saturated heterocycles. The summed E-state index contributed by atoms with van der Waals surface area (Å²) in [6, 6.07) is 9.37. The van der Waals surface area contributed by atoms with Crippen molar-refractivity contribution in [3.8, 4) is 6.07 Å². The molecule has 0 unspecified atom stereocenters. The molecule has 1 aromatic heterocycles. The van der Waals surface area contributed by atoms with Gasteiger partial charge in [0.25, 0.3) is 0 Å². The van der Waals surface area contributed by atoms with Crippen LogP contribution in [0.15, 0.2) is 24.3 Å². The van der Waals surface area contributed by atoms with Crippen molar-refractivity contribution in [2.45, 2.75) is 33.3 Å². The molecule has 0 N–H and O–H groups in total. The van der Waals surface area contributed by atoms with Crippen LogP contribution in [0.2, 0.25) is 0 Å². The summed E-state index contributed by atoms with van der Waals surface area (Å²) in [5.74, 6) is -0.468. The Morgan fingerprint density at radius 1 is 1.45 bits per heavy atom. The van der Waals surface area contributed by atoms with Crippen molar-refractivity contribution in [1.29, 1.82) is 5.26 Å². The summed E-state index contributed by atoms with van der Waals surface area (Å²) in [4.78, 5) is 16.9. The largest absolute Gasteiger partial charge is 0.444 e. The highest BCUT2D eigenvalue weighted by atomic mass is 16.5. The summed E-state index contributed by atoms with van der Waals surface area (Å²) in [5.41, 5.74) is 2.97. The van der Waals surface area contributed by atoms with Crippen LogP contribution in [-0.4, -0.2) is 17.1 Å². The van der Waals surface area contributed by atoms with E-state index in [0.717, 1.165) is 28.6 Å². The van der Waals surface area contributed by atoms with Crippen LogP contribution in [0.4, 0.5) is 0 Å². The molecule has 0 saturated carbocycles. The monoisotopic (exact) mass is 268 g/mol. The summed E-state index contributed by atoms with van der Waals surface area (Å²) >= 11 is 0. The zero-order valence-corrected chi connectivity index (χ0v) is 11.8. The van der Waals surface area contributed by atoms with Crippen LogP contribution in [-0.2, 0) is 11.2 Å². The van der Waals surface area contributed by atoms with Crippen molar-refractivity contribution in [1.82, 2.24) is 4.98 Å². The lowest BCUT2D eigenvalue weighted by atomic mass is 10.0. The SMILES string of the molecule is CCc1nc2ccccc2c(C(=O)O[C@@H](C)C#N)c1C. The van der Waals surface area contributed by atoms with E-state index >= 15 is 0 Å². The number of benzene rings is 1. The molecule has 2 rings (SSSR count).